The Kier molecular flexibility index (Phi) is 7.40. The van der Waals surface area contributed by atoms with Gasteiger partial charge in [-0.2, -0.15) is 0 Å². The number of benzene rings is 3. The van der Waals surface area contributed by atoms with Crippen LogP contribution in [0.25, 0.3) is 22.7 Å². The van der Waals surface area contributed by atoms with E-state index in [0.29, 0.717) is 25.3 Å². The number of hydrogen-bond acceptors (Lipinski definition) is 4. The van der Waals surface area contributed by atoms with Crippen molar-refractivity contribution in [3.05, 3.63) is 120 Å². The summed E-state index contributed by atoms with van der Waals surface area (Å²) in [5.41, 5.74) is 5.56. The third-order valence-corrected chi connectivity index (χ3v) is 6.66. The van der Waals surface area contributed by atoms with Gasteiger partial charge in [0.1, 0.15) is 17.6 Å². The topological polar surface area (TPSA) is 77.5 Å². The molecule has 2 heterocycles. The number of aromatic nitrogens is 2. The lowest BCUT2D eigenvalue weighted by Gasteiger charge is -2.20. The molecule has 1 N–H and O–H groups in total. The SMILES string of the molecule is Cc1oc(-c2ccccc2)nc1CCOc1ccc(CC(C(=O)O)n2c(C)ccc2-c2ccccc2)cc1. The molecule has 2 aromatic heterocycles. The first kappa shape index (κ1) is 25.1. The molecule has 5 rings (SSSR count). The number of carbonyl (C=O) groups is 1. The third kappa shape index (κ3) is 5.54. The molecular formula is C32H30N2O4. The highest BCUT2D eigenvalue weighted by molar-refractivity contribution is 5.75. The van der Waals surface area contributed by atoms with E-state index in [1.54, 1.807) is 0 Å². The summed E-state index contributed by atoms with van der Waals surface area (Å²) >= 11 is 0. The van der Waals surface area contributed by atoms with Gasteiger partial charge in [0.05, 0.1) is 12.3 Å². The second-order valence-electron chi connectivity index (χ2n) is 9.28. The Balaban J connectivity index is 1.23. The van der Waals surface area contributed by atoms with Crippen LogP contribution in [0.2, 0.25) is 0 Å². The lowest BCUT2D eigenvalue weighted by atomic mass is 10.0. The Morgan fingerprint density at radius 2 is 1.55 bits per heavy atom. The van der Waals surface area contributed by atoms with E-state index in [0.717, 1.165) is 45.3 Å². The molecule has 0 radical (unpaired) electrons. The van der Waals surface area contributed by atoms with E-state index in [4.69, 9.17) is 9.15 Å². The molecule has 0 aliphatic rings. The average Bonchev–Trinajstić information content (AvgIpc) is 3.51. The molecule has 0 saturated carbocycles. The number of aryl methyl sites for hydroxylation is 2. The smallest absolute Gasteiger partial charge is 0.327 e. The largest absolute Gasteiger partial charge is 0.493 e. The standard InChI is InChI=1S/C32H30N2O4/c1-22-13-18-29(25-9-5-3-6-10-25)34(22)30(32(35)36)21-24-14-16-27(17-15-24)37-20-19-28-23(2)38-31(33-28)26-11-7-4-8-12-26/h3-18,30H,19-21H2,1-2H3,(H,35,36). The van der Waals surface area contributed by atoms with Crippen LogP contribution in [0.4, 0.5) is 0 Å². The minimum Gasteiger partial charge on any atom is -0.493 e. The highest BCUT2D eigenvalue weighted by Crippen LogP contribution is 2.29. The van der Waals surface area contributed by atoms with Crippen molar-refractivity contribution >= 4 is 5.97 Å². The van der Waals surface area contributed by atoms with Gasteiger partial charge in [-0.3, -0.25) is 0 Å². The van der Waals surface area contributed by atoms with E-state index in [1.165, 1.54) is 0 Å². The molecule has 6 nitrogen and oxygen atoms in total. The first-order valence-electron chi connectivity index (χ1n) is 12.7. The summed E-state index contributed by atoms with van der Waals surface area (Å²) in [5, 5.41) is 10.1. The molecule has 38 heavy (non-hydrogen) atoms. The van der Waals surface area contributed by atoms with Gasteiger partial charge in [0, 0.05) is 29.8 Å². The summed E-state index contributed by atoms with van der Waals surface area (Å²) in [6, 6.07) is 30.6. The number of oxazole rings is 1. The van der Waals surface area contributed by atoms with Crippen molar-refractivity contribution in [2.24, 2.45) is 0 Å². The lowest BCUT2D eigenvalue weighted by Crippen LogP contribution is -2.23. The molecule has 0 fully saturated rings. The fraction of sp³-hybridized carbons (Fsp3) is 0.188. The summed E-state index contributed by atoms with van der Waals surface area (Å²) in [6.07, 6.45) is 0.992. The molecule has 1 atom stereocenters. The molecule has 0 amide bonds. The Morgan fingerprint density at radius 1 is 0.895 bits per heavy atom. The van der Waals surface area contributed by atoms with E-state index in [2.05, 4.69) is 4.98 Å². The van der Waals surface area contributed by atoms with Crippen LogP contribution >= 0.6 is 0 Å². The Hall–Kier alpha value is -4.58. The van der Waals surface area contributed by atoms with E-state index in [9.17, 15) is 9.90 Å². The lowest BCUT2D eigenvalue weighted by molar-refractivity contribution is -0.140. The van der Waals surface area contributed by atoms with Gasteiger partial charge in [-0.25, -0.2) is 9.78 Å². The maximum absolute atomic E-state index is 12.3. The maximum atomic E-state index is 12.3. The first-order valence-corrected chi connectivity index (χ1v) is 12.7. The number of aliphatic carboxylic acids is 1. The van der Waals surface area contributed by atoms with E-state index in [1.807, 2.05) is 115 Å². The molecule has 0 spiro atoms. The molecule has 0 saturated heterocycles. The van der Waals surface area contributed by atoms with Crippen molar-refractivity contribution < 1.29 is 19.1 Å². The zero-order valence-corrected chi connectivity index (χ0v) is 21.5. The average molecular weight is 507 g/mol. The van der Waals surface area contributed by atoms with Crippen LogP contribution in [-0.4, -0.2) is 27.2 Å². The Morgan fingerprint density at radius 3 is 2.21 bits per heavy atom. The minimum atomic E-state index is -0.861. The van der Waals surface area contributed by atoms with E-state index < -0.39 is 12.0 Å². The van der Waals surface area contributed by atoms with Crippen LogP contribution in [0.3, 0.4) is 0 Å². The van der Waals surface area contributed by atoms with Gasteiger partial charge in [0.2, 0.25) is 5.89 Å². The number of nitrogens with zero attached hydrogens (tertiary/aromatic N) is 2. The Bertz CT molecular complexity index is 1500. The Labute approximate surface area is 222 Å². The van der Waals surface area contributed by atoms with E-state index in [-0.39, 0.29) is 0 Å². The summed E-state index contributed by atoms with van der Waals surface area (Å²) in [5.74, 6) is 1.27. The van der Waals surface area contributed by atoms with Gasteiger partial charge < -0.3 is 18.8 Å². The third-order valence-electron chi connectivity index (χ3n) is 6.66. The van der Waals surface area contributed by atoms with Crippen LogP contribution in [0, 0.1) is 13.8 Å². The van der Waals surface area contributed by atoms with Gasteiger partial charge >= 0.3 is 5.97 Å². The highest BCUT2D eigenvalue weighted by atomic mass is 16.5. The van der Waals surface area contributed by atoms with Crippen molar-refractivity contribution in [1.82, 2.24) is 9.55 Å². The zero-order chi connectivity index (χ0) is 26.5. The molecule has 6 heteroatoms. The van der Waals surface area contributed by atoms with Crippen molar-refractivity contribution in [2.75, 3.05) is 6.61 Å². The molecule has 0 aliphatic heterocycles. The van der Waals surface area contributed by atoms with Gasteiger partial charge in [-0.1, -0.05) is 60.7 Å². The van der Waals surface area contributed by atoms with Crippen LogP contribution in [0.5, 0.6) is 5.75 Å². The van der Waals surface area contributed by atoms with Crippen LogP contribution in [-0.2, 0) is 17.6 Å². The number of hydrogen-bond donors (Lipinski definition) is 1. The predicted octanol–water partition coefficient (Wildman–Crippen LogP) is 6.92. The maximum Gasteiger partial charge on any atom is 0.327 e. The molecule has 0 bridgehead atoms. The first-order chi connectivity index (χ1) is 18.5. The molecule has 192 valence electrons. The van der Waals surface area contributed by atoms with Crippen LogP contribution in [0.1, 0.15) is 28.8 Å². The highest BCUT2D eigenvalue weighted by Gasteiger charge is 2.24. The van der Waals surface area contributed by atoms with Gasteiger partial charge in [-0.15, -0.1) is 0 Å². The van der Waals surface area contributed by atoms with Crippen molar-refractivity contribution in [3.63, 3.8) is 0 Å². The van der Waals surface area contributed by atoms with Crippen molar-refractivity contribution in [2.45, 2.75) is 32.7 Å². The predicted molar refractivity (Wildman–Crippen MR) is 147 cm³/mol. The second kappa shape index (κ2) is 11.2. The fourth-order valence-electron chi connectivity index (χ4n) is 4.67. The number of ether oxygens (including phenoxy) is 1. The quantitative estimate of drug-likeness (QED) is 0.223. The van der Waals surface area contributed by atoms with Crippen molar-refractivity contribution in [1.29, 1.82) is 0 Å². The van der Waals surface area contributed by atoms with Crippen LogP contribution in [0.15, 0.2) is 101 Å². The zero-order valence-electron chi connectivity index (χ0n) is 21.5. The molecular weight excluding hydrogens is 476 g/mol. The fourth-order valence-corrected chi connectivity index (χ4v) is 4.67. The van der Waals surface area contributed by atoms with Crippen molar-refractivity contribution in [3.8, 4) is 28.5 Å². The molecule has 3 aromatic carbocycles. The number of carboxylic acid groups (broad SMARTS) is 1. The second-order valence-corrected chi connectivity index (χ2v) is 9.28. The minimum absolute atomic E-state index is 0.366. The van der Waals surface area contributed by atoms with Gasteiger partial charge in [0.25, 0.3) is 0 Å². The normalized spacial score (nSPS) is 11.8. The summed E-state index contributed by atoms with van der Waals surface area (Å²) in [7, 11) is 0. The summed E-state index contributed by atoms with van der Waals surface area (Å²) in [4.78, 5) is 17.0. The molecule has 5 aromatic rings. The number of rotatable bonds is 10. The van der Waals surface area contributed by atoms with Gasteiger partial charge in [0.15, 0.2) is 0 Å². The van der Waals surface area contributed by atoms with Crippen LogP contribution < -0.4 is 4.74 Å². The summed E-state index contributed by atoms with van der Waals surface area (Å²) < 4.78 is 13.7. The van der Waals surface area contributed by atoms with E-state index >= 15 is 0 Å². The number of carboxylic acids is 1. The monoisotopic (exact) mass is 506 g/mol. The van der Waals surface area contributed by atoms with Gasteiger partial charge in [-0.05, 0) is 61.4 Å². The summed E-state index contributed by atoms with van der Waals surface area (Å²) in [6.45, 7) is 4.32. The molecule has 1 unspecified atom stereocenters. The molecule has 0 aliphatic carbocycles.